The Hall–Kier alpha value is -3.32. The van der Waals surface area contributed by atoms with Crippen molar-refractivity contribution >= 4 is 17.4 Å². The van der Waals surface area contributed by atoms with Gasteiger partial charge in [0.05, 0.1) is 24.8 Å². The highest BCUT2D eigenvalue weighted by Gasteiger charge is 2.46. The van der Waals surface area contributed by atoms with Crippen molar-refractivity contribution in [2.75, 3.05) is 27.4 Å². The smallest absolute Gasteiger partial charge is 0.295 e. The molecule has 170 valence electrons. The van der Waals surface area contributed by atoms with Crippen molar-refractivity contribution in [3.05, 3.63) is 65.2 Å². The summed E-state index contributed by atoms with van der Waals surface area (Å²) >= 11 is 0. The van der Waals surface area contributed by atoms with Gasteiger partial charge in [0.1, 0.15) is 17.3 Å². The van der Waals surface area contributed by atoms with Crippen LogP contribution in [0.4, 0.5) is 0 Å². The third-order valence-electron chi connectivity index (χ3n) is 5.22. The number of likely N-dealkylation sites (tertiary alicyclic amines) is 1. The highest BCUT2D eigenvalue weighted by atomic mass is 16.5. The maximum Gasteiger partial charge on any atom is 0.295 e. The summed E-state index contributed by atoms with van der Waals surface area (Å²) < 4.78 is 16.3. The molecule has 0 radical (unpaired) electrons. The summed E-state index contributed by atoms with van der Waals surface area (Å²) in [5.74, 6) is -0.429. The number of methoxy groups -OCH3 is 2. The van der Waals surface area contributed by atoms with Crippen LogP contribution in [0.2, 0.25) is 0 Å². The summed E-state index contributed by atoms with van der Waals surface area (Å²) in [5, 5.41) is 11.1. The lowest BCUT2D eigenvalue weighted by Gasteiger charge is -2.26. The molecule has 1 amide bonds. The number of nitrogens with zero attached hydrogens (tertiary/aromatic N) is 1. The van der Waals surface area contributed by atoms with Crippen molar-refractivity contribution in [1.82, 2.24) is 4.90 Å². The molecule has 7 heteroatoms. The molecule has 1 fully saturated rings. The van der Waals surface area contributed by atoms with Crippen LogP contribution in [0.25, 0.3) is 5.76 Å². The number of carbonyl (C=O) groups excluding carboxylic acids is 2. The molecule has 3 rings (SSSR count). The van der Waals surface area contributed by atoms with Gasteiger partial charge < -0.3 is 24.2 Å². The number of Topliss-reactive ketones (excluding diaryl/α,β-unsaturated/α-hetero) is 1. The van der Waals surface area contributed by atoms with Gasteiger partial charge in [-0.1, -0.05) is 18.2 Å². The number of benzene rings is 2. The van der Waals surface area contributed by atoms with Gasteiger partial charge in [-0.25, -0.2) is 0 Å². The predicted octanol–water partition coefficient (Wildman–Crippen LogP) is 3.94. The molecule has 1 atom stereocenters. The average Bonchev–Trinajstić information content (AvgIpc) is 3.03. The van der Waals surface area contributed by atoms with Crippen molar-refractivity contribution in [3.63, 3.8) is 0 Å². The van der Waals surface area contributed by atoms with Gasteiger partial charge >= 0.3 is 0 Å². The van der Waals surface area contributed by atoms with Crippen LogP contribution in [-0.4, -0.2) is 55.2 Å². The summed E-state index contributed by atoms with van der Waals surface area (Å²) in [6.07, 6.45) is 0.564. The summed E-state index contributed by atoms with van der Waals surface area (Å²) in [4.78, 5) is 27.5. The predicted molar refractivity (Wildman–Crippen MR) is 121 cm³/mol. The van der Waals surface area contributed by atoms with Gasteiger partial charge in [0.2, 0.25) is 0 Å². The van der Waals surface area contributed by atoms with Crippen LogP contribution in [0, 0.1) is 0 Å². The number of aliphatic hydroxyl groups excluding tert-OH is 1. The topological polar surface area (TPSA) is 85.3 Å². The minimum absolute atomic E-state index is 0.0115. The lowest BCUT2D eigenvalue weighted by atomic mass is 9.94. The highest BCUT2D eigenvalue weighted by Crippen LogP contribution is 2.42. The molecule has 1 unspecified atom stereocenters. The molecule has 1 aliphatic heterocycles. The van der Waals surface area contributed by atoms with Gasteiger partial charge in [0, 0.05) is 31.4 Å². The van der Waals surface area contributed by atoms with E-state index in [4.69, 9.17) is 14.2 Å². The van der Waals surface area contributed by atoms with Gasteiger partial charge in [-0.05, 0) is 50.6 Å². The van der Waals surface area contributed by atoms with Gasteiger partial charge in [0.25, 0.3) is 11.7 Å². The highest BCUT2D eigenvalue weighted by molar-refractivity contribution is 6.46. The monoisotopic (exact) mass is 439 g/mol. The Morgan fingerprint density at radius 3 is 2.38 bits per heavy atom. The van der Waals surface area contributed by atoms with E-state index in [0.717, 1.165) is 0 Å². The number of hydrogen-bond acceptors (Lipinski definition) is 6. The largest absolute Gasteiger partial charge is 0.507 e. The quantitative estimate of drug-likeness (QED) is 0.276. The van der Waals surface area contributed by atoms with Crippen LogP contribution in [0.3, 0.4) is 0 Å². The molecule has 0 aliphatic carbocycles. The van der Waals surface area contributed by atoms with Crippen molar-refractivity contribution in [2.24, 2.45) is 0 Å². The number of carbonyl (C=O) groups is 2. The van der Waals surface area contributed by atoms with E-state index in [1.807, 2.05) is 26.0 Å². The molecule has 1 heterocycles. The van der Waals surface area contributed by atoms with E-state index in [1.54, 1.807) is 43.5 Å². The number of ketones is 1. The Morgan fingerprint density at radius 1 is 1.06 bits per heavy atom. The third kappa shape index (κ3) is 4.78. The van der Waals surface area contributed by atoms with E-state index in [1.165, 1.54) is 12.0 Å². The standard InChI is InChI=1S/C25H29NO6/c1-16(2)32-18-12-10-17(11-13-18)23(27)21-22(19-8-5-6-9-20(19)31-4)26(14-7-15-30-3)25(29)24(21)28/h5-6,8-13,16,22,27H,7,14-15H2,1-4H3/b23-21-. The SMILES string of the molecule is COCCCN1C(=O)C(=O)/C(=C(\O)c2ccc(OC(C)C)cc2)C1c1ccccc1OC. The number of para-hydroxylation sites is 1. The van der Waals surface area contributed by atoms with Crippen molar-refractivity contribution in [3.8, 4) is 11.5 Å². The molecule has 0 saturated carbocycles. The lowest BCUT2D eigenvalue weighted by molar-refractivity contribution is -0.140. The van der Waals surface area contributed by atoms with E-state index < -0.39 is 17.7 Å². The molecule has 0 spiro atoms. The molecular weight excluding hydrogens is 410 g/mol. The van der Waals surface area contributed by atoms with E-state index >= 15 is 0 Å². The Bertz CT molecular complexity index is 996. The molecular formula is C25H29NO6. The van der Waals surface area contributed by atoms with Crippen molar-refractivity contribution in [2.45, 2.75) is 32.4 Å². The van der Waals surface area contributed by atoms with Crippen molar-refractivity contribution < 1.29 is 28.9 Å². The Labute approximate surface area is 188 Å². The van der Waals surface area contributed by atoms with Crippen molar-refractivity contribution in [1.29, 1.82) is 0 Å². The van der Waals surface area contributed by atoms with E-state index in [-0.39, 0.29) is 17.4 Å². The summed E-state index contributed by atoms with van der Waals surface area (Å²) in [5.41, 5.74) is 1.10. The first-order valence-corrected chi connectivity index (χ1v) is 10.6. The second kappa shape index (κ2) is 10.3. The molecule has 1 aliphatic rings. The van der Waals surface area contributed by atoms with Crippen LogP contribution in [0.15, 0.2) is 54.1 Å². The molecule has 2 aromatic carbocycles. The molecule has 7 nitrogen and oxygen atoms in total. The van der Waals surface area contributed by atoms with Crippen LogP contribution in [0.5, 0.6) is 11.5 Å². The number of aliphatic hydroxyl groups is 1. The number of ether oxygens (including phenoxy) is 3. The van der Waals surface area contributed by atoms with Crippen LogP contribution in [0.1, 0.15) is 37.4 Å². The Morgan fingerprint density at radius 2 is 1.75 bits per heavy atom. The zero-order valence-electron chi connectivity index (χ0n) is 18.8. The van der Waals surface area contributed by atoms with Crippen LogP contribution < -0.4 is 9.47 Å². The molecule has 1 N–H and O–H groups in total. The Kier molecular flexibility index (Phi) is 7.53. The zero-order valence-corrected chi connectivity index (χ0v) is 18.8. The fourth-order valence-corrected chi connectivity index (χ4v) is 3.82. The van der Waals surface area contributed by atoms with Crippen LogP contribution in [-0.2, 0) is 14.3 Å². The first kappa shape index (κ1) is 23.3. The lowest BCUT2D eigenvalue weighted by Crippen LogP contribution is -2.31. The second-order valence-corrected chi connectivity index (χ2v) is 7.77. The minimum atomic E-state index is -0.769. The molecule has 2 aromatic rings. The number of amides is 1. The summed E-state index contributed by atoms with van der Waals surface area (Å²) in [6.45, 7) is 4.59. The molecule has 1 saturated heterocycles. The van der Waals surface area contributed by atoms with Gasteiger partial charge in [-0.15, -0.1) is 0 Å². The molecule has 0 aromatic heterocycles. The van der Waals surface area contributed by atoms with E-state index in [2.05, 4.69) is 0 Å². The maximum absolute atomic E-state index is 13.1. The normalized spacial score (nSPS) is 17.8. The van der Waals surface area contributed by atoms with E-state index in [0.29, 0.717) is 42.2 Å². The average molecular weight is 440 g/mol. The second-order valence-electron chi connectivity index (χ2n) is 7.77. The fraction of sp³-hybridized carbons (Fsp3) is 0.360. The third-order valence-corrected chi connectivity index (χ3v) is 5.22. The zero-order chi connectivity index (χ0) is 23.3. The number of hydrogen-bond donors (Lipinski definition) is 1. The fourth-order valence-electron chi connectivity index (χ4n) is 3.82. The van der Waals surface area contributed by atoms with Gasteiger partial charge in [-0.3, -0.25) is 9.59 Å². The first-order valence-electron chi connectivity index (χ1n) is 10.6. The number of rotatable bonds is 9. The van der Waals surface area contributed by atoms with Gasteiger partial charge in [0.15, 0.2) is 0 Å². The maximum atomic E-state index is 13.1. The molecule has 32 heavy (non-hydrogen) atoms. The summed E-state index contributed by atoms with van der Waals surface area (Å²) in [7, 11) is 3.11. The Balaban J connectivity index is 2.09. The van der Waals surface area contributed by atoms with Crippen LogP contribution >= 0.6 is 0 Å². The minimum Gasteiger partial charge on any atom is -0.507 e. The van der Waals surface area contributed by atoms with Gasteiger partial charge in [-0.2, -0.15) is 0 Å². The molecule has 0 bridgehead atoms. The first-order chi connectivity index (χ1) is 15.4. The summed E-state index contributed by atoms with van der Waals surface area (Å²) in [6, 6.07) is 13.2. The van der Waals surface area contributed by atoms with E-state index in [9.17, 15) is 14.7 Å².